The van der Waals surface area contributed by atoms with Crippen molar-refractivity contribution < 1.29 is 4.79 Å². The molecule has 0 aliphatic rings. The summed E-state index contributed by atoms with van der Waals surface area (Å²) in [5, 5.41) is 11.5. The maximum Gasteiger partial charge on any atom is 0.186 e. The third kappa shape index (κ3) is 2.38. The smallest absolute Gasteiger partial charge is 0.186 e. The van der Waals surface area contributed by atoms with Gasteiger partial charge in [-0.25, -0.2) is 0 Å². The summed E-state index contributed by atoms with van der Waals surface area (Å²) in [6.45, 7) is 0.0850. The highest BCUT2D eigenvalue weighted by Gasteiger charge is 2.07. The lowest BCUT2D eigenvalue weighted by atomic mass is 10.1. The number of benzene rings is 1. The standard InChI is InChI=1S/C9H7ClN4O/c10-8-3-1-7(2-4-8)9(15)5-14-12-6-11-13-14/h1-4,6H,5H2. The highest BCUT2D eigenvalue weighted by Crippen LogP contribution is 2.10. The van der Waals surface area contributed by atoms with Crippen LogP contribution in [0.1, 0.15) is 10.4 Å². The fraction of sp³-hybridized carbons (Fsp3) is 0.111. The highest BCUT2D eigenvalue weighted by atomic mass is 35.5. The molecule has 0 aliphatic carbocycles. The largest absolute Gasteiger partial charge is 0.292 e. The Morgan fingerprint density at radius 3 is 2.67 bits per heavy atom. The summed E-state index contributed by atoms with van der Waals surface area (Å²) in [7, 11) is 0. The molecule has 1 heterocycles. The van der Waals surface area contributed by atoms with Crippen LogP contribution in [0.4, 0.5) is 0 Å². The van der Waals surface area contributed by atoms with Gasteiger partial charge < -0.3 is 0 Å². The minimum Gasteiger partial charge on any atom is -0.292 e. The quantitative estimate of drug-likeness (QED) is 0.733. The Bertz CT molecular complexity index is 451. The van der Waals surface area contributed by atoms with Crippen LogP contribution in [-0.2, 0) is 6.54 Å². The van der Waals surface area contributed by atoms with Gasteiger partial charge in [0.05, 0.1) is 0 Å². The summed E-state index contributed by atoms with van der Waals surface area (Å²) < 4.78 is 0. The average Bonchev–Trinajstić information content (AvgIpc) is 2.71. The van der Waals surface area contributed by atoms with Crippen molar-refractivity contribution in [1.82, 2.24) is 20.2 Å². The topological polar surface area (TPSA) is 60.7 Å². The highest BCUT2D eigenvalue weighted by molar-refractivity contribution is 6.30. The van der Waals surface area contributed by atoms with Crippen LogP contribution in [0, 0.1) is 0 Å². The second kappa shape index (κ2) is 4.18. The molecule has 0 saturated carbocycles. The first kappa shape index (κ1) is 9.79. The van der Waals surface area contributed by atoms with E-state index in [1.165, 1.54) is 11.1 Å². The number of Topliss-reactive ketones (excluding diaryl/α,β-unsaturated/α-hetero) is 1. The second-order valence-corrected chi connectivity index (χ2v) is 3.33. The number of tetrazole rings is 1. The Balaban J connectivity index is 2.11. The van der Waals surface area contributed by atoms with Crippen LogP contribution >= 0.6 is 11.6 Å². The van der Waals surface area contributed by atoms with Gasteiger partial charge in [0.15, 0.2) is 12.1 Å². The molecule has 0 bridgehead atoms. The molecule has 76 valence electrons. The first-order chi connectivity index (χ1) is 7.25. The second-order valence-electron chi connectivity index (χ2n) is 2.90. The summed E-state index contributed by atoms with van der Waals surface area (Å²) in [6.07, 6.45) is 1.29. The first-order valence-corrected chi connectivity index (χ1v) is 4.63. The van der Waals surface area contributed by atoms with E-state index in [0.717, 1.165) is 0 Å². The zero-order valence-corrected chi connectivity index (χ0v) is 8.42. The summed E-state index contributed by atoms with van der Waals surface area (Å²) in [5.41, 5.74) is 0.580. The van der Waals surface area contributed by atoms with Gasteiger partial charge in [-0.2, -0.15) is 4.80 Å². The molecule has 0 saturated heterocycles. The molecule has 0 spiro atoms. The Labute approximate surface area is 90.7 Å². The zero-order chi connectivity index (χ0) is 10.7. The van der Waals surface area contributed by atoms with E-state index in [1.807, 2.05) is 0 Å². The zero-order valence-electron chi connectivity index (χ0n) is 7.67. The Kier molecular flexibility index (Phi) is 2.73. The number of aromatic nitrogens is 4. The van der Waals surface area contributed by atoms with Crippen molar-refractivity contribution in [3.63, 3.8) is 0 Å². The van der Waals surface area contributed by atoms with E-state index >= 15 is 0 Å². The summed E-state index contributed by atoms with van der Waals surface area (Å²) in [6, 6.07) is 6.68. The SMILES string of the molecule is O=C(Cn1ncnn1)c1ccc(Cl)cc1. The molecule has 0 fully saturated rings. The van der Waals surface area contributed by atoms with Crippen molar-refractivity contribution in [3.8, 4) is 0 Å². The molecule has 5 nitrogen and oxygen atoms in total. The van der Waals surface area contributed by atoms with Crippen molar-refractivity contribution in [2.75, 3.05) is 0 Å². The monoisotopic (exact) mass is 222 g/mol. The summed E-state index contributed by atoms with van der Waals surface area (Å²) in [5.74, 6) is -0.0790. The van der Waals surface area contributed by atoms with Crippen LogP contribution < -0.4 is 0 Å². The van der Waals surface area contributed by atoms with Crippen LogP contribution in [0.25, 0.3) is 0 Å². The minimum absolute atomic E-state index is 0.0790. The number of rotatable bonds is 3. The number of hydrogen-bond acceptors (Lipinski definition) is 4. The van der Waals surface area contributed by atoms with E-state index in [2.05, 4.69) is 15.4 Å². The van der Waals surface area contributed by atoms with Crippen LogP contribution in [0.2, 0.25) is 5.02 Å². The van der Waals surface area contributed by atoms with E-state index in [9.17, 15) is 4.79 Å². The number of nitrogens with zero attached hydrogens (tertiary/aromatic N) is 4. The van der Waals surface area contributed by atoms with Gasteiger partial charge in [-0.05, 0) is 29.5 Å². The van der Waals surface area contributed by atoms with E-state index in [0.29, 0.717) is 10.6 Å². The molecule has 6 heteroatoms. The first-order valence-electron chi connectivity index (χ1n) is 4.25. The molecule has 15 heavy (non-hydrogen) atoms. The van der Waals surface area contributed by atoms with Crippen molar-refractivity contribution >= 4 is 17.4 Å². The molecule has 1 aromatic heterocycles. The molecule has 0 aliphatic heterocycles. The van der Waals surface area contributed by atoms with Gasteiger partial charge in [-0.3, -0.25) is 4.79 Å². The van der Waals surface area contributed by atoms with Crippen LogP contribution in [-0.4, -0.2) is 26.0 Å². The molecule has 0 unspecified atom stereocenters. The number of halogens is 1. The van der Waals surface area contributed by atoms with Crippen LogP contribution in [0.5, 0.6) is 0 Å². The number of ketones is 1. The van der Waals surface area contributed by atoms with Gasteiger partial charge in [0.2, 0.25) is 0 Å². The molecule has 1 aromatic carbocycles. The number of carbonyl (C=O) groups excluding carboxylic acids is 1. The molecular formula is C9H7ClN4O. The Morgan fingerprint density at radius 2 is 2.07 bits per heavy atom. The predicted octanol–water partition coefficient (Wildman–Crippen LogP) is 1.21. The van der Waals surface area contributed by atoms with Crippen molar-refractivity contribution in [1.29, 1.82) is 0 Å². The lowest BCUT2D eigenvalue weighted by Gasteiger charge is -1.99. The van der Waals surface area contributed by atoms with E-state index in [-0.39, 0.29) is 12.3 Å². The van der Waals surface area contributed by atoms with Gasteiger partial charge in [0.1, 0.15) is 6.54 Å². The van der Waals surface area contributed by atoms with Gasteiger partial charge >= 0.3 is 0 Å². The fourth-order valence-corrected chi connectivity index (χ4v) is 1.24. The van der Waals surface area contributed by atoms with E-state index < -0.39 is 0 Å². The third-order valence-electron chi connectivity index (χ3n) is 1.84. The molecular weight excluding hydrogens is 216 g/mol. The molecule has 0 N–H and O–H groups in total. The lowest BCUT2D eigenvalue weighted by Crippen LogP contribution is -2.12. The normalized spacial score (nSPS) is 10.2. The van der Waals surface area contributed by atoms with E-state index in [1.54, 1.807) is 24.3 Å². The Morgan fingerprint density at radius 1 is 1.33 bits per heavy atom. The summed E-state index contributed by atoms with van der Waals surface area (Å²) >= 11 is 5.71. The van der Waals surface area contributed by atoms with Gasteiger partial charge in [0.25, 0.3) is 0 Å². The Hall–Kier alpha value is -1.75. The van der Waals surface area contributed by atoms with Crippen molar-refractivity contribution in [2.45, 2.75) is 6.54 Å². The molecule has 0 amide bonds. The number of carbonyl (C=O) groups is 1. The van der Waals surface area contributed by atoms with Crippen LogP contribution in [0.15, 0.2) is 30.6 Å². The van der Waals surface area contributed by atoms with Gasteiger partial charge in [0, 0.05) is 10.6 Å². The fourth-order valence-electron chi connectivity index (χ4n) is 1.12. The minimum atomic E-state index is -0.0790. The van der Waals surface area contributed by atoms with Crippen LogP contribution in [0.3, 0.4) is 0 Å². The number of hydrogen-bond donors (Lipinski definition) is 0. The van der Waals surface area contributed by atoms with E-state index in [4.69, 9.17) is 11.6 Å². The third-order valence-corrected chi connectivity index (χ3v) is 2.09. The van der Waals surface area contributed by atoms with Gasteiger partial charge in [-0.15, -0.1) is 10.2 Å². The van der Waals surface area contributed by atoms with Crippen molar-refractivity contribution in [2.24, 2.45) is 0 Å². The molecule has 0 atom stereocenters. The van der Waals surface area contributed by atoms with Gasteiger partial charge in [-0.1, -0.05) is 11.6 Å². The van der Waals surface area contributed by atoms with Crippen molar-refractivity contribution in [3.05, 3.63) is 41.2 Å². The lowest BCUT2D eigenvalue weighted by molar-refractivity contribution is 0.0961. The summed E-state index contributed by atoms with van der Waals surface area (Å²) in [4.78, 5) is 12.9. The maximum absolute atomic E-state index is 11.7. The molecule has 0 radical (unpaired) electrons. The molecule has 2 rings (SSSR count). The molecule has 2 aromatic rings. The average molecular weight is 223 g/mol. The maximum atomic E-state index is 11.7. The predicted molar refractivity (Wildman–Crippen MR) is 53.6 cm³/mol.